The summed E-state index contributed by atoms with van der Waals surface area (Å²) in [5.74, 6) is 0. The lowest BCUT2D eigenvalue weighted by molar-refractivity contribution is 1.22. The lowest BCUT2D eigenvalue weighted by Crippen LogP contribution is -2.01. The molecule has 0 radical (unpaired) electrons. The molecule has 0 aliphatic heterocycles. The third-order valence-corrected chi connectivity index (χ3v) is 7.42. The lowest BCUT2D eigenvalue weighted by Gasteiger charge is -2.23. The summed E-state index contributed by atoms with van der Waals surface area (Å²) in [6.45, 7) is 3.61. The molecule has 0 spiro atoms. The van der Waals surface area contributed by atoms with Crippen LogP contribution in [0.15, 0.2) is 164 Å². The van der Waals surface area contributed by atoms with Crippen molar-refractivity contribution in [3.63, 3.8) is 0 Å². The van der Waals surface area contributed by atoms with Gasteiger partial charge in [0.2, 0.25) is 0 Å². The summed E-state index contributed by atoms with van der Waals surface area (Å²) in [6, 6.07) is 52.7. The monoisotopic (exact) mass is 566 g/mol. The number of hydrogen-bond acceptors (Lipinski definition) is 0. The van der Waals surface area contributed by atoms with E-state index in [1.54, 1.807) is 6.08 Å². The fourth-order valence-corrected chi connectivity index (χ4v) is 5.11. The van der Waals surface area contributed by atoms with Crippen LogP contribution in [0.5, 0.6) is 0 Å². The van der Waals surface area contributed by atoms with E-state index in [4.69, 9.17) is 11.6 Å². The molecule has 0 bridgehead atoms. The van der Waals surface area contributed by atoms with Gasteiger partial charge in [0.15, 0.2) is 0 Å². The van der Waals surface area contributed by atoms with Crippen molar-refractivity contribution in [3.05, 3.63) is 192 Å². The Labute approximate surface area is 246 Å². The van der Waals surface area contributed by atoms with E-state index in [-0.39, 0.29) is 23.4 Å². The highest BCUT2D eigenvalue weighted by molar-refractivity contribution is 7.18. The Balaban J connectivity index is 0.000000324. The molecule has 0 saturated carbocycles. The predicted octanol–water partition coefficient (Wildman–Crippen LogP) is 10.8. The van der Waals surface area contributed by atoms with Crippen LogP contribution in [0.2, 0.25) is 0 Å². The summed E-state index contributed by atoms with van der Waals surface area (Å²) in [5, 5.41) is -0.0544. The van der Waals surface area contributed by atoms with Crippen LogP contribution in [0.3, 0.4) is 0 Å². The highest BCUT2D eigenvalue weighted by Crippen LogP contribution is 2.44. The molecule has 5 rings (SSSR count). The van der Waals surface area contributed by atoms with Crippen molar-refractivity contribution in [3.8, 4) is 0 Å². The van der Waals surface area contributed by atoms with Gasteiger partial charge in [0.1, 0.15) is 0 Å². The molecule has 3 unspecified atom stereocenters. The SMILES string of the molecule is C=CC(Cl)c1ccccc1.Cl.PC(C(=C(c1ccccc1)c1ccccc1)c1ccccc1)c1ccccc1. The molecule has 0 fully saturated rings. The standard InChI is InChI=1S/C27H23P.C9H9Cl.ClH/c28-27(24-19-11-4-12-20-24)26(23-17-9-3-10-18-23)25(21-13-5-1-6-14-21)22-15-7-2-8-16-22;1-2-9(10)8-6-4-3-5-7-8;/h1-20,27H,28H2;2-7,9H,1H2;1H. The molecule has 0 amide bonds. The average molecular weight is 568 g/mol. The van der Waals surface area contributed by atoms with Gasteiger partial charge in [0, 0.05) is 5.66 Å². The molecular weight excluding hydrogens is 534 g/mol. The van der Waals surface area contributed by atoms with Crippen molar-refractivity contribution in [1.29, 1.82) is 0 Å². The molecule has 0 heterocycles. The van der Waals surface area contributed by atoms with Gasteiger partial charge in [-0.2, -0.15) is 0 Å². The second kappa shape index (κ2) is 15.9. The van der Waals surface area contributed by atoms with Crippen LogP contribution >= 0.6 is 33.2 Å². The Morgan fingerprint density at radius 3 is 1.26 bits per heavy atom. The van der Waals surface area contributed by atoms with E-state index in [2.05, 4.69) is 137 Å². The number of halogens is 2. The van der Waals surface area contributed by atoms with E-state index in [1.807, 2.05) is 30.3 Å². The predicted molar refractivity (Wildman–Crippen MR) is 177 cm³/mol. The molecule has 196 valence electrons. The van der Waals surface area contributed by atoms with Gasteiger partial charge in [0.25, 0.3) is 0 Å². The van der Waals surface area contributed by atoms with E-state index >= 15 is 0 Å². The summed E-state index contributed by atoms with van der Waals surface area (Å²) in [4.78, 5) is 0. The average Bonchev–Trinajstić information content (AvgIpc) is 3.01. The first-order chi connectivity index (χ1) is 18.7. The smallest absolute Gasteiger partial charge is 0.0763 e. The Bertz CT molecular complexity index is 1380. The maximum Gasteiger partial charge on any atom is 0.0763 e. The number of hydrogen-bond donors (Lipinski definition) is 0. The molecule has 39 heavy (non-hydrogen) atoms. The Hall–Kier alpha value is -3.41. The van der Waals surface area contributed by atoms with Gasteiger partial charge in [-0.05, 0) is 39.0 Å². The second-order valence-electron chi connectivity index (χ2n) is 8.82. The molecular formula is C36H33Cl2P. The largest absolute Gasteiger partial charge is 0.147 e. The zero-order chi connectivity index (χ0) is 26.6. The fraction of sp³-hybridized carbons (Fsp3) is 0.0556. The van der Waals surface area contributed by atoms with Crippen LogP contribution in [0, 0.1) is 0 Å². The molecule has 0 nitrogen and oxygen atoms in total. The van der Waals surface area contributed by atoms with Gasteiger partial charge in [-0.3, -0.25) is 0 Å². The van der Waals surface area contributed by atoms with Crippen molar-refractivity contribution in [2.45, 2.75) is 11.0 Å². The Morgan fingerprint density at radius 1 is 0.538 bits per heavy atom. The van der Waals surface area contributed by atoms with E-state index in [9.17, 15) is 0 Å². The van der Waals surface area contributed by atoms with Crippen LogP contribution in [-0.2, 0) is 0 Å². The van der Waals surface area contributed by atoms with E-state index in [1.165, 1.54) is 33.4 Å². The number of rotatable bonds is 7. The molecule has 0 N–H and O–H groups in total. The molecule has 3 atom stereocenters. The maximum absolute atomic E-state index is 5.87. The van der Waals surface area contributed by atoms with Crippen LogP contribution in [0.25, 0.3) is 11.1 Å². The Kier molecular flexibility index (Phi) is 12.3. The number of allylic oxidation sites excluding steroid dienone is 2. The highest BCUT2D eigenvalue weighted by Gasteiger charge is 2.20. The van der Waals surface area contributed by atoms with Crippen molar-refractivity contribution >= 4 is 44.4 Å². The van der Waals surface area contributed by atoms with Gasteiger partial charge in [0.05, 0.1) is 5.38 Å². The summed E-state index contributed by atoms with van der Waals surface area (Å²) in [7, 11) is 3.07. The van der Waals surface area contributed by atoms with E-state index in [0.717, 1.165) is 5.56 Å². The molecule has 0 aromatic heterocycles. The second-order valence-corrected chi connectivity index (χ2v) is 9.96. The van der Waals surface area contributed by atoms with Gasteiger partial charge >= 0.3 is 0 Å². The van der Waals surface area contributed by atoms with Crippen molar-refractivity contribution in [2.24, 2.45) is 0 Å². The van der Waals surface area contributed by atoms with Gasteiger partial charge in [-0.15, -0.1) is 39.8 Å². The van der Waals surface area contributed by atoms with Crippen LogP contribution in [0.1, 0.15) is 38.9 Å². The zero-order valence-corrected chi connectivity index (χ0v) is 24.5. The van der Waals surface area contributed by atoms with Crippen LogP contribution in [-0.4, -0.2) is 0 Å². The van der Waals surface area contributed by atoms with Crippen molar-refractivity contribution < 1.29 is 0 Å². The summed E-state index contributed by atoms with van der Waals surface area (Å²) in [6.07, 6.45) is 1.72. The van der Waals surface area contributed by atoms with Crippen molar-refractivity contribution in [1.82, 2.24) is 0 Å². The van der Waals surface area contributed by atoms with Crippen LogP contribution < -0.4 is 0 Å². The van der Waals surface area contributed by atoms with Gasteiger partial charge in [-0.25, -0.2) is 0 Å². The zero-order valence-electron chi connectivity index (χ0n) is 21.7. The topological polar surface area (TPSA) is 0 Å². The highest BCUT2D eigenvalue weighted by atomic mass is 35.5. The third kappa shape index (κ3) is 8.29. The van der Waals surface area contributed by atoms with Crippen molar-refractivity contribution in [2.75, 3.05) is 0 Å². The van der Waals surface area contributed by atoms with Gasteiger partial charge < -0.3 is 0 Å². The lowest BCUT2D eigenvalue weighted by atomic mass is 9.86. The maximum atomic E-state index is 5.87. The first kappa shape index (κ1) is 30.1. The van der Waals surface area contributed by atoms with Crippen LogP contribution in [0.4, 0.5) is 0 Å². The number of alkyl halides is 1. The quantitative estimate of drug-likeness (QED) is 0.0794. The Morgan fingerprint density at radius 2 is 0.872 bits per heavy atom. The molecule has 5 aromatic carbocycles. The molecule has 3 heteroatoms. The minimum atomic E-state index is -0.0544. The van der Waals surface area contributed by atoms with E-state index in [0.29, 0.717) is 0 Å². The molecule has 0 aliphatic rings. The minimum Gasteiger partial charge on any atom is -0.147 e. The minimum absolute atomic E-state index is 0. The molecule has 0 aliphatic carbocycles. The first-order valence-corrected chi connectivity index (χ1v) is 13.8. The summed E-state index contributed by atoms with van der Waals surface area (Å²) in [5.41, 5.74) is 8.86. The number of benzene rings is 5. The first-order valence-electron chi connectivity index (χ1n) is 12.7. The van der Waals surface area contributed by atoms with Gasteiger partial charge in [-0.1, -0.05) is 158 Å². The summed E-state index contributed by atoms with van der Waals surface area (Å²) < 4.78 is 0. The molecule has 0 saturated heterocycles. The molecule has 5 aromatic rings. The fourth-order valence-electron chi connectivity index (χ4n) is 4.38. The normalized spacial score (nSPS) is 11.5. The van der Waals surface area contributed by atoms with E-state index < -0.39 is 0 Å². The third-order valence-electron chi connectivity index (χ3n) is 6.27. The summed E-state index contributed by atoms with van der Waals surface area (Å²) >= 11 is 5.87.